The van der Waals surface area contributed by atoms with Crippen molar-refractivity contribution in [3.8, 4) is 0 Å². The Labute approximate surface area is 150 Å². The third kappa shape index (κ3) is 4.13. The van der Waals surface area contributed by atoms with E-state index in [4.69, 9.17) is 0 Å². The van der Waals surface area contributed by atoms with Crippen molar-refractivity contribution >= 4 is 33.4 Å². The van der Waals surface area contributed by atoms with E-state index >= 15 is 0 Å². The molecule has 1 atom stereocenters. The second kappa shape index (κ2) is 7.71. The number of benzene rings is 1. The van der Waals surface area contributed by atoms with Gasteiger partial charge in [-0.15, -0.1) is 16.9 Å². The van der Waals surface area contributed by atoms with E-state index in [1.807, 2.05) is 5.01 Å². The molecule has 3 rings (SSSR count). The van der Waals surface area contributed by atoms with E-state index in [2.05, 4.69) is 10.3 Å². The van der Waals surface area contributed by atoms with Crippen molar-refractivity contribution in [2.24, 2.45) is 10.3 Å². The maximum atomic E-state index is 12.7. The van der Waals surface area contributed by atoms with Crippen molar-refractivity contribution in [1.29, 1.82) is 0 Å². The molecule has 8 nitrogen and oxygen atoms in total. The Morgan fingerprint density at radius 1 is 1.12 bits per heavy atom. The van der Waals surface area contributed by atoms with E-state index in [0.717, 1.165) is 42.0 Å². The van der Waals surface area contributed by atoms with Crippen LogP contribution in [-0.4, -0.2) is 59.6 Å². The Morgan fingerprint density at radius 2 is 1.80 bits per heavy atom. The van der Waals surface area contributed by atoms with Gasteiger partial charge in [-0.3, -0.25) is 5.01 Å². The summed E-state index contributed by atoms with van der Waals surface area (Å²) in [6, 6.07) is 6.06. The van der Waals surface area contributed by atoms with Crippen LogP contribution in [0.15, 0.2) is 39.5 Å². The minimum absolute atomic E-state index is 0.0678. The molecule has 1 aromatic carbocycles. The van der Waals surface area contributed by atoms with Gasteiger partial charge in [0.1, 0.15) is 0 Å². The number of sulfonamides is 1. The molecule has 1 N–H and O–H groups in total. The van der Waals surface area contributed by atoms with Crippen LogP contribution < -0.4 is 0 Å². The van der Waals surface area contributed by atoms with Crippen LogP contribution >= 0.6 is 11.8 Å². The SMILES string of the molecule is O=C(O)C1SCCN1S(=O)(=O)c1ccc(N=NN2CCCCC2)cc1. The molecule has 136 valence electrons. The van der Waals surface area contributed by atoms with Gasteiger partial charge >= 0.3 is 5.97 Å². The minimum atomic E-state index is -3.84. The van der Waals surface area contributed by atoms with Crippen LogP contribution in [0.2, 0.25) is 0 Å². The predicted octanol–water partition coefficient (Wildman–Crippen LogP) is 2.32. The number of thioether (sulfide) groups is 1. The molecule has 2 aliphatic heterocycles. The molecule has 2 fully saturated rings. The zero-order valence-electron chi connectivity index (χ0n) is 13.6. The van der Waals surface area contributed by atoms with Crippen molar-refractivity contribution in [3.63, 3.8) is 0 Å². The normalized spacial score (nSPS) is 22.6. The highest BCUT2D eigenvalue weighted by molar-refractivity contribution is 8.02. The molecular formula is C15H20N4O4S2. The molecule has 2 aliphatic rings. The molecular weight excluding hydrogens is 364 g/mol. The van der Waals surface area contributed by atoms with Crippen LogP contribution in [0.5, 0.6) is 0 Å². The monoisotopic (exact) mass is 384 g/mol. The first-order chi connectivity index (χ1) is 12.0. The number of carboxylic acid groups (broad SMARTS) is 1. The Morgan fingerprint density at radius 3 is 2.44 bits per heavy atom. The van der Waals surface area contributed by atoms with Crippen molar-refractivity contribution in [2.75, 3.05) is 25.4 Å². The van der Waals surface area contributed by atoms with Gasteiger partial charge in [0.2, 0.25) is 10.0 Å². The number of piperidine rings is 1. The summed E-state index contributed by atoms with van der Waals surface area (Å²) < 4.78 is 26.3. The van der Waals surface area contributed by atoms with Gasteiger partial charge in [-0.1, -0.05) is 5.22 Å². The lowest BCUT2D eigenvalue weighted by atomic mass is 10.2. The smallest absolute Gasteiger partial charge is 0.332 e. The number of hydrogen-bond acceptors (Lipinski definition) is 6. The summed E-state index contributed by atoms with van der Waals surface area (Å²) in [6.07, 6.45) is 3.42. The zero-order chi connectivity index (χ0) is 17.9. The summed E-state index contributed by atoms with van der Waals surface area (Å²) in [6.45, 7) is 1.97. The summed E-state index contributed by atoms with van der Waals surface area (Å²) >= 11 is 1.12. The molecule has 0 amide bonds. The van der Waals surface area contributed by atoms with Crippen LogP contribution in [0.25, 0.3) is 0 Å². The fourth-order valence-electron chi connectivity index (χ4n) is 2.80. The second-order valence-corrected chi connectivity index (χ2v) is 8.95. The first kappa shape index (κ1) is 18.2. The Hall–Kier alpha value is -1.65. The topological polar surface area (TPSA) is 103 Å². The van der Waals surface area contributed by atoms with Crippen molar-refractivity contribution in [3.05, 3.63) is 24.3 Å². The second-order valence-electron chi connectivity index (χ2n) is 5.87. The number of aliphatic carboxylic acids is 1. The summed E-state index contributed by atoms with van der Waals surface area (Å²) in [4.78, 5) is 11.3. The molecule has 10 heteroatoms. The lowest BCUT2D eigenvalue weighted by Crippen LogP contribution is -2.39. The Bertz CT molecular complexity index is 745. The molecule has 2 heterocycles. The highest BCUT2D eigenvalue weighted by Crippen LogP contribution is 2.30. The number of nitrogens with zero attached hydrogens (tertiary/aromatic N) is 4. The van der Waals surface area contributed by atoms with Gasteiger partial charge in [-0.25, -0.2) is 13.2 Å². The summed E-state index contributed by atoms with van der Waals surface area (Å²) in [5.74, 6) is -0.670. The van der Waals surface area contributed by atoms with Crippen LogP contribution in [-0.2, 0) is 14.8 Å². The van der Waals surface area contributed by atoms with Gasteiger partial charge in [-0.05, 0) is 43.5 Å². The summed E-state index contributed by atoms with van der Waals surface area (Å²) in [5, 5.41) is 18.3. The molecule has 1 unspecified atom stereocenters. The lowest BCUT2D eigenvalue weighted by Gasteiger charge is -2.21. The van der Waals surface area contributed by atoms with E-state index in [1.165, 1.54) is 18.6 Å². The van der Waals surface area contributed by atoms with E-state index in [9.17, 15) is 18.3 Å². The van der Waals surface area contributed by atoms with E-state index in [0.29, 0.717) is 11.4 Å². The quantitative estimate of drug-likeness (QED) is 0.782. The van der Waals surface area contributed by atoms with Gasteiger partial charge in [0, 0.05) is 25.4 Å². The average Bonchev–Trinajstić information content (AvgIpc) is 3.12. The van der Waals surface area contributed by atoms with E-state index < -0.39 is 21.4 Å². The molecule has 0 bridgehead atoms. The number of hydrogen-bond donors (Lipinski definition) is 1. The fourth-order valence-corrected chi connectivity index (χ4v) is 5.80. The average molecular weight is 384 g/mol. The predicted molar refractivity (Wildman–Crippen MR) is 94.2 cm³/mol. The third-order valence-electron chi connectivity index (χ3n) is 4.12. The fraction of sp³-hybridized carbons (Fsp3) is 0.533. The number of carboxylic acids is 1. The molecule has 2 saturated heterocycles. The maximum absolute atomic E-state index is 12.7. The zero-order valence-corrected chi connectivity index (χ0v) is 15.2. The minimum Gasteiger partial charge on any atom is -0.479 e. The van der Waals surface area contributed by atoms with E-state index in [1.54, 1.807) is 12.1 Å². The maximum Gasteiger partial charge on any atom is 0.332 e. The van der Waals surface area contributed by atoms with Gasteiger partial charge < -0.3 is 5.11 Å². The van der Waals surface area contributed by atoms with Gasteiger partial charge in [0.25, 0.3) is 0 Å². The number of carbonyl (C=O) groups is 1. The van der Waals surface area contributed by atoms with Gasteiger partial charge in [0.15, 0.2) is 5.37 Å². The standard InChI is InChI=1S/C15H20N4O4S2/c20-15(21)14-19(10-11-24-14)25(22,23)13-6-4-12(5-7-13)16-17-18-8-2-1-3-9-18/h4-7,14H,1-3,8-11H2,(H,20,21). The Kier molecular flexibility index (Phi) is 5.60. The van der Waals surface area contributed by atoms with Crippen LogP contribution in [0.1, 0.15) is 19.3 Å². The van der Waals surface area contributed by atoms with Crippen molar-refractivity contribution in [2.45, 2.75) is 29.5 Å². The molecule has 0 aromatic heterocycles. The highest BCUT2D eigenvalue weighted by Gasteiger charge is 2.40. The van der Waals surface area contributed by atoms with Gasteiger partial charge in [-0.2, -0.15) is 4.31 Å². The molecule has 1 aromatic rings. The summed E-state index contributed by atoms with van der Waals surface area (Å²) in [5.41, 5.74) is 0.565. The third-order valence-corrected chi connectivity index (χ3v) is 7.32. The van der Waals surface area contributed by atoms with Crippen LogP contribution in [0.3, 0.4) is 0 Å². The first-order valence-electron chi connectivity index (χ1n) is 8.11. The molecule has 0 aliphatic carbocycles. The highest BCUT2D eigenvalue weighted by atomic mass is 32.2. The largest absolute Gasteiger partial charge is 0.479 e. The first-order valence-corrected chi connectivity index (χ1v) is 10.6. The molecule has 0 saturated carbocycles. The number of rotatable bonds is 5. The Balaban J connectivity index is 1.72. The molecule has 0 radical (unpaired) electrons. The summed E-state index contributed by atoms with van der Waals surface area (Å²) in [7, 11) is -3.84. The van der Waals surface area contributed by atoms with Gasteiger partial charge in [0.05, 0.1) is 10.6 Å². The molecule has 0 spiro atoms. The van der Waals surface area contributed by atoms with Crippen LogP contribution in [0, 0.1) is 0 Å². The lowest BCUT2D eigenvalue weighted by molar-refractivity contribution is -0.138. The van der Waals surface area contributed by atoms with E-state index in [-0.39, 0.29) is 11.4 Å². The van der Waals surface area contributed by atoms with Crippen molar-refractivity contribution < 1.29 is 18.3 Å². The van der Waals surface area contributed by atoms with Crippen LogP contribution in [0.4, 0.5) is 5.69 Å². The van der Waals surface area contributed by atoms with Crippen molar-refractivity contribution in [1.82, 2.24) is 9.31 Å². The molecule has 25 heavy (non-hydrogen) atoms.